The normalized spacial score (nSPS) is 26.0. The smallest absolute Gasteiger partial charge is 0.318 e. The van der Waals surface area contributed by atoms with Crippen LogP contribution in [0.3, 0.4) is 0 Å². The standard InChI is InChI=1S/C31H43N7O4/c1-18(2)24-17-38(30(42)35-24)31(29(41)32-4)15-21-9-10-23(14-22(21)16-31)34-28(40)26(20-8-6-7-19(3)13-20)36-27(39)25-11-12-33-37(25)5/h9-12,14,18-20,24,26H,6-8,13,15-17H2,1-5H3,(H,32,41)(H,34,40)(H,35,42)(H,36,39)/t19?,20?,24-,26?,31?/m0/s1. The number of nitrogens with one attached hydrogen (secondary N) is 4. The Balaban J connectivity index is 1.36. The van der Waals surface area contributed by atoms with Crippen LogP contribution in [0.1, 0.15) is 68.1 Å². The number of aryl methyl sites for hydroxylation is 1. The molecule has 0 radical (unpaired) electrons. The highest BCUT2D eigenvalue weighted by Gasteiger charge is 2.53. The second kappa shape index (κ2) is 11.8. The average Bonchev–Trinajstić information content (AvgIpc) is 3.67. The van der Waals surface area contributed by atoms with Gasteiger partial charge in [-0.2, -0.15) is 5.10 Å². The number of hydrogen-bond acceptors (Lipinski definition) is 5. The summed E-state index contributed by atoms with van der Waals surface area (Å²) >= 11 is 0. The Bertz CT molecular complexity index is 1370. The van der Waals surface area contributed by atoms with E-state index in [-0.39, 0.29) is 41.6 Å². The number of hydrogen-bond donors (Lipinski definition) is 4. The first-order valence-electron chi connectivity index (χ1n) is 15.0. The molecular weight excluding hydrogens is 534 g/mol. The molecule has 11 heteroatoms. The van der Waals surface area contributed by atoms with E-state index in [1.165, 1.54) is 4.68 Å². The maximum absolute atomic E-state index is 13.8. The van der Waals surface area contributed by atoms with Crippen LogP contribution in [0.4, 0.5) is 10.5 Å². The van der Waals surface area contributed by atoms with Gasteiger partial charge in [0, 0.05) is 45.4 Å². The number of carbonyl (C=O) groups excluding carboxylic acids is 4. The predicted octanol–water partition coefficient (Wildman–Crippen LogP) is 2.62. The molecule has 1 aromatic heterocycles. The lowest BCUT2D eigenvalue weighted by atomic mass is 9.78. The van der Waals surface area contributed by atoms with Crippen LogP contribution in [-0.2, 0) is 29.5 Å². The molecule has 3 aliphatic rings. The first-order valence-corrected chi connectivity index (χ1v) is 15.0. The zero-order chi connectivity index (χ0) is 30.2. The number of nitrogens with zero attached hydrogens (tertiary/aromatic N) is 3. The van der Waals surface area contributed by atoms with Crippen molar-refractivity contribution in [3.63, 3.8) is 0 Å². The van der Waals surface area contributed by atoms with E-state index in [0.717, 1.165) is 36.8 Å². The molecule has 5 rings (SSSR count). The quantitative estimate of drug-likeness (QED) is 0.382. The molecule has 0 bridgehead atoms. The summed E-state index contributed by atoms with van der Waals surface area (Å²) in [6.45, 7) is 6.76. The average molecular weight is 578 g/mol. The van der Waals surface area contributed by atoms with E-state index in [1.807, 2.05) is 18.2 Å². The molecule has 0 spiro atoms. The number of aromatic nitrogens is 2. The summed E-state index contributed by atoms with van der Waals surface area (Å²) in [5.41, 5.74) is 1.84. The molecule has 226 valence electrons. The van der Waals surface area contributed by atoms with Gasteiger partial charge in [0.25, 0.3) is 5.91 Å². The highest BCUT2D eigenvalue weighted by Crippen LogP contribution is 2.38. The summed E-state index contributed by atoms with van der Waals surface area (Å²) < 4.78 is 1.50. The Hall–Kier alpha value is -3.89. The lowest BCUT2D eigenvalue weighted by molar-refractivity contribution is -0.130. The number of rotatable bonds is 8. The molecule has 1 saturated heterocycles. The van der Waals surface area contributed by atoms with Gasteiger partial charge in [0.05, 0.1) is 6.04 Å². The number of fused-ring (bicyclic) bond motifs is 1. The van der Waals surface area contributed by atoms with Crippen molar-refractivity contribution in [2.75, 3.05) is 18.9 Å². The van der Waals surface area contributed by atoms with Crippen LogP contribution in [0.2, 0.25) is 0 Å². The van der Waals surface area contributed by atoms with Gasteiger partial charge in [0.1, 0.15) is 17.3 Å². The van der Waals surface area contributed by atoms with Gasteiger partial charge in [-0.15, -0.1) is 0 Å². The van der Waals surface area contributed by atoms with Crippen LogP contribution in [0, 0.1) is 17.8 Å². The Kier molecular flexibility index (Phi) is 8.30. The van der Waals surface area contributed by atoms with Gasteiger partial charge in [0.15, 0.2) is 0 Å². The van der Waals surface area contributed by atoms with Gasteiger partial charge in [-0.25, -0.2) is 4.79 Å². The molecule has 1 aromatic carbocycles. The third-order valence-electron chi connectivity index (χ3n) is 9.42. The predicted molar refractivity (Wildman–Crippen MR) is 159 cm³/mol. The summed E-state index contributed by atoms with van der Waals surface area (Å²) in [6.07, 6.45) is 6.16. The minimum Gasteiger partial charge on any atom is -0.357 e. The largest absolute Gasteiger partial charge is 0.357 e. The summed E-state index contributed by atoms with van der Waals surface area (Å²) in [5, 5.41) is 16.0. The van der Waals surface area contributed by atoms with Crippen molar-refractivity contribution in [3.8, 4) is 0 Å². The van der Waals surface area contributed by atoms with E-state index in [0.29, 0.717) is 36.7 Å². The SMILES string of the molecule is CNC(=O)C1(N2C[C@@H](C(C)C)NC2=O)Cc2ccc(NC(=O)C(NC(=O)c3ccnn3C)C3CCCC(C)C3)cc2C1. The van der Waals surface area contributed by atoms with Gasteiger partial charge < -0.3 is 26.2 Å². The molecule has 2 fully saturated rings. The Morgan fingerprint density at radius 3 is 2.52 bits per heavy atom. The number of carbonyl (C=O) groups is 4. The molecule has 4 unspecified atom stereocenters. The van der Waals surface area contributed by atoms with Crippen molar-refractivity contribution < 1.29 is 19.2 Å². The summed E-state index contributed by atoms with van der Waals surface area (Å²) in [7, 11) is 3.30. The second-order valence-corrected chi connectivity index (χ2v) is 12.7. The lowest BCUT2D eigenvalue weighted by Gasteiger charge is -2.36. The van der Waals surface area contributed by atoms with Crippen LogP contribution in [0.15, 0.2) is 30.5 Å². The number of benzene rings is 1. The van der Waals surface area contributed by atoms with E-state index in [4.69, 9.17) is 0 Å². The number of anilines is 1. The number of amides is 5. The van der Waals surface area contributed by atoms with Crippen molar-refractivity contribution in [2.24, 2.45) is 24.8 Å². The van der Waals surface area contributed by atoms with Crippen LogP contribution in [0.5, 0.6) is 0 Å². The monoisotopic (exact) mass is 577 g/mol. The summed E-state index contributed by atoms with van der Waals surface area (Å²) in [4.78, 5) is 55.0. The van der Waals surface area contributed by atoms with E-state index in [2.05, 4.69) is 47.1 Å². The topological polar surface area (TPSA) is 137 Å². The fraction of sp³-hybridized carbons (Fsp3) is 0.581. The zero-order valence-corrected chi connectivity index (χ0v) is 25.2. The fourth-order valence-electron chi connectivity index (χ4n) is 6.96. The van der Waals surface area contributed by atoms with Gasteiger partial charge >= 0.3 is 6.03 Å². The van der Waals surface area contributed by atoms with Crippen molar-refractivity contribution in [3.05, 3.63) is 47.3 Å². The van der Waals surface area contributed by atoms with E-state index in [9.17, 15) is 19.2 Å². The first-order chi connectivity index (χ1) is 20.0. The Morgan fingerprint density at radius 2 is 1.88 bits per heavy atom. The molecule has 2 aliphatic carbocycles. The van der Waals surface area contributed by atoms with Gasteiger partial charge in [-0.1, -0.05) is 39.7 Å². The molecule has 2 heterocycles. The number of likely N-dealkylation sites (N-methyl/N-ethyl adjacent to an activating group) is 1. The zero-order valence-electron chi connectivity index (χ0n) is 25.2. The molecule has 1 aliphatic heterocycles. The molecule has 11 nitrogen and oxygen atoms in total. The second-order valence-electron chi connectivity index (χ2n) is 12.7. The first kappa shape index (κ1) is 29.6. The number of urea groups is 1. The summed E-state index contributed by atoms with van der Waals surface area (Å²) in [5.74, 6) is -0.0644. The van der Waals surface area contributed by atoms with Gasteiger partial charge in [-0.3, -0.25) is 19.1 Å². The fourth-order valence-corrected chi connectivity index (χ4v) is 6.96. The third kappa shape index (κ3) is 5.61. The Labute approximate surface area is 247 Å². The lowest BCUT2D eigenvalue weighted by Crippen LogP contribution is -2.60. The third-order valence-corrected chi connectivity index (χ3v) is 9.42. The molecule has 5 atom stereocenters. The van der Waals surface area contributed by atoms with Crippen LogP contribution in [-0.4, -0.2) is 69.6 Å². The van der Waals surface area contributed by atoms with Crippen LogP contribution < -0.4 is 21.3 Å². The minimum absolute atomic E-state index is 0.0174. The minimum atomic E-state index is -1.04. The van der Waals surface area contributed by atoms with Crippen molar-refractivity contribution >= 4 is 29.4 Å². The molecular formula is C31H43N7O4. The highest BCUT2D eigenvalue weighted by atomic mass is 16.2. The van der Waals surface area contributed by atoms with Crippen LogP contribution >= 0.6 is 0 Å². The molecule has 42 heavy (non-hydrogen) atoms. The van der Waals surface area contributed by atoms with Crippen LogP contribution in [0.25, 0.3) is 0 Å². The van der Waals surface area contributed by atoms with Crippen molar-refractivity contribution in [2.45, 2.75) is 76.9 Å². The maximum atomic E-state index is 13.8. The maximum Gasteiger partial charge on any atom is 0.318 e. The van der Waals surface area contributed by atoms with E-state index >= 15 is 0 Å². The van der Waals surface area contributed by atoms with E-state index < -0.39 is 11.6 Å². The van der Waals surface area contributed by atoms with Crippen molar-refractivity contribution in [1.29, 1.82) is 0 Å². The molecule has 5 amide bonds. The highest BCUT2D eigenvalue weighted by molar-refractivity contribution is 6.01. The van der Waals surface area contributed by atoms with Gasteiger partial charge in [-0.05, 0) is 59.9 Å². The van der Waals surface area contributed by atoms with Gasteiger partial charge in [0.2, 0.25) is 11.8 Å². The Morgan fingerprint density at radius 1 is 1.12 bits per heavy atom. The molecule has 1 saturated carbocycles. The van der Waals surface area contributed by atoms with Crippen molar-refractivity contribution in [1.82, 2.24) is 30.6 Å². The molecule has 4 N–H and O–H groups in total. The van der Waals surface area contributed by atoms with E-state index in [1.54, 1.807) is 31.3 Å². The molecule has 2 aromatic rings. The summed E-state index contributed by atoms with van der Waals surface area (Å²) in [6, 6.07) is 6.34.